The van der Waals surface area contributed by atoms with Crippen molar-refractivity contribution in [2.24, 2.45) is 5.92 Å². The Morgan fingerprint density at radius 3 is 2.69 bits per heavy atom. The van der Waals surface area contributed by atoms with E-state index >= 15 is 0 Å². The molecule has 1 N–H and O–H groups in total. The van der Waals surface area contributed by atoms with Gasteiger partial charge in [-0.05, 0) is 50.2 Å². The van der Waals surface area contributed by atoms with E-state index in [1.54, 1.807) is 12.1 Å². The molecule has 0 radical (unpaired) electrons. The molecule has 29 heavy (non-hydrogen) atoms. The standard InChI is InChI=1S/C22H24ClFN2O3/c23-17-6-5-16(19(24)11-17)13-26-9-7-15(8-10-26)22(27)25-12-18-14-28-20-3-1-2-4-21(20)29-18/h1-6,11,15,18H,7-10,12-14H2,(H,25,27)/t18-/m0/s1. The number of rotatable bonds is 5. The number of fused-ring (bicyclic) bond motifs is 1. The van der Waals surface area contributed by atoms with Crippen LogP contribution in [0.4, 0.5) is 4.39 Å². The Hall–Kier alpha value is -2.31. The topological polar surface area (TPSA) is 50.8 Å². The van der Waals surface area contributed by atoms with Crippen molar-refractivity contribution in [1.29, 1.82) is 0 Å². The lowest BCUT2D eigenvalue weighted by molar-refractivity contribution is -0.127. The SMILES string of the molecule is O=C(NC[C@H]1COc2ccccc2O1)C1CCN(Cc2ccc(Cl)cc2F)CC1. The van der Waals surface area contributed by atoms with Crippen LogP contribution in [0.15, 0.2) is 42.5 Å². The molecule has 0 bridgehead atoms. The average Bonchev–Trinajstić information content (AvgIpc) is 2.74. The van der Waals surface area contributed by atoms with Gasteiger partial charge in [0.15, 0.2) is 11.5 Å². The minimum absolute atomic E-state index is 0.0295. The van der Waals surface area contributed by atoms with Crippen molar-refractivity contribution >= 4 is 17.5 Å². The highest BCUT2D eigenvalue weighted by Gasteiger charge is 2.27. The predicted molar refractivity (Wildman–Crippen MR) is 109 cm³/mol. The highest BCUT2D eigenvalue weighted by atomic mass is 35.5. The molecule has 2 heterocycles. The van der Waals surface area contributed by atoms with Crippen molar-refractivity contribution in [3.8, 4) is 11.5 Å². The normalized spacial score (nSPS) is 19.7. The molecular formula is C22H24ClFN2O3. The van der Waals surface area contributed by atoms with Crippen molar-refractivity contribution in [2.45, 2.75) is 25.5 Å². The molecule has 1 fully saturated rings. The maximum absolute atomic E-state index is 14.0. The zero-order valence-electron chi connectivity index (χ0n) is 16.1. The molecule has 1 saturated heterocycles. The number of hydrogen-bond acceptors (Lipinski definition) is 4. The number of benzene rings is 2. The Morgan fingerprint density at radius 2 is 1.93 bits per heavy atom. The van der Waals surface area contributed by atoms with E-state index in [2.05, 4.69) is 10.2 Å². The van der Waals surface area contributed by atoms with E-state index in [9.17, 15) is 9.18 Å². The second-order valence-corrected chi connectivity index (χ2v) is 7.97. The Morgan fingerprint density at radius 1 is 1.17 bits per heavy atom. The highest BCUT2D eigenvalue weighted by molar-refractivity contribution is 6.30. The summed E-state index contributed by atoms with van der Waals surface area (Å²) in [6.45, 7) is 2.89. The molecular weight excluding hydrogens is 395 g/mol. The summed E-state index contributed by atoms with van der Waals surface area (Å²) >= 11 is 5.81. The summed E-state index contributed by atoms with van der Waals surface area (Å²) in [6, 6.07) is 12.3. The van der Waals surface area contributed by atoms with E-state index < -0.39 is 0 Å². The number of nitrogens with one attached hydrogen (secondary N) is 1. The Bertz CT molecular complexity index is 871. The molecule has 0 saturated carbocycles. The number of nitrogens with zero attached hydrogens (tertiary/aromatic N) is 1. The molecule has 1 atom stereocenters. The van der Waals surface area contributed by atoms with Gasteiger partial charge in [-0.25, -0.2) is 4.39 Å². The van der Waals surface area contributed by atoms with Crippen molar-refractivity contribution in [3.63, 3.8) is 0 Å². The first-order valence-electron chi connectivity index (χ1n) is 9.91. The molecule has 4 rings (SSSR count). The fourth-order valence-corrected chi connectivity index (χ4v) is 3.93. The molecule has 2 aromatic rings. The Labute approximate surface area is 174 Å². The third-order valence-corrected chi connectivity index (χ3v) is 5.67. The van der Waals surface area contributed by atoms with Gasteiger partial charge in [0.05, 0.1) is 6.54 Å². The smallest absolute Gasteiger partial charge is 0.223 e. The zero-order chi connectivity index (χ0) is 20.2. The van der Waals surface area contributed by atoms with Crippen LogP contribution in [-0.2, 0) is 11.3 Å². The minimum Gasteiger partial charge on any atom is -0.486 e. The van der Waals surface area contributed by atoms with Crippen LogP contribution in [0.1, 0.15) is 18.4 Å². The maximum atomic E-state index is 14.0. The van der Waals surface area contributed by atoms with E-state index in [4.69, 9.17) is 21.1 Å². The second-order valence-electron chi connectivity index (χ2n) is 7.53. The highest BCUT2D eigenvalue weighted by Crippen LogP contribution is 2.30. The predicted octanol–water partition coefficient (Wildman–Crippen LogP) is 3.65. The molecule has 7 heteroatoms. The van der Waals surface area contributed by atoms with Crippen molar-refractivity contribution in [1.82, 2.24) is 10.2 Å². The summed E-state index contributed by atoms with van der Waals surface area (Å²) in [5.74, 6) is 1.18. The molecule has 2 aliphatic rings. The third kappa shape index (κ3) is 5.00. The van der Waals surface area contributed by atoms with Gasteiger partial charge in [-0.1, -0.05) is 29.8 Å². The summed E-state index contributed by atoms with van der Waals surface area (Å²) in [6.07, 6.45) is 1.32. The molecule has 1 amide bonds. The van der Waals surface area contributed by atoms with Crippen LogP contribution in [0.3, 0.4) is 0 Å². The maximum Gasteiger partial charge on any atom is 0.223 e. The van der Waals surface area contributed by atoms with Gasteiger partial charge in [-0.15, -0.1) is 0 Å². The van der Waals surface area contributed by atoms with E-state index in [0.29, 0.717) is 36.0 Å². The summed E-state index contributed by atoms with van der Waals surface area (Å²) < 4.78 is 25.5. The van der Waals surface area contributed by atoms with Crippen LogP contribution in [0, 0.1) is 11.7 Å². The van der Waals surface area contributed by atoms with Crippen molar-refractivity contribution in [2.75, 3.05) is 26.2 Å². The largest absolute Gasteiger partial charge is 0.486 e. The summed E-state index contributed by atoms with van der Waals surface area (Å²) in [4.78, 5) is 14.7. The molecule has 154 valence electrons. The summed E-state index contributed by atoms with van der Waals surface area (Å²) in [7, 11) is 0. The molecule has 0 unspecified atom stereocenters. The molecule has 0 spiro atoms. The zero-order valence-corrected chi connectivity index (χ0v) is 16.8. The molecule has 0 aromatic heterocycles. The average molecular weight is 419 g/mol. The fourth-order valence-electron chi connectivity index (χ4n) is 3.77. The lowest BCUT2D eigenvalue weighted by atomic mass is 9.95. The quantitative estimate of drug-likeness (QED) is 0.805. The van der Waals surface area contributed by atoms with Crippen LogP contribution in [0.5, 0.6) is 11.5 Å². The Balaban J connectivity index is 1.21. The molecule has 0 aliphatic carbocycles. The fraction of sp³-hybridized carbons (Fsp3) is 0.409. The van der Waals surface area contributed by atoms with E-state index in [1.807, 2.05) is 24.3 Å². The van der Waals surface area contributed by atoms with Crippen LogP contribution in [0.25, 0.3) is 0 Å². The first-order valence-corrected chi connectivity index (χ1v) is 10.3. The number of carbonyl (C=O) groups is 1. The van der Waals surface area contributed by atoms with E-state index in [1.165, 1.54) is 6.07 Å². The van der Waals surface area contributed by atoms with E-state index in [0.717, 1.165) is 31.7 Å². The van der Waals surface area contributed by atoms with Crippen LogP contribution >= 0.6 is 11.6 Å². The van der Waals surface area contributed by atoms with Gasteiger partial charge >= 0.3 is 0 Å². The molecule has 2 aromatic carbocycles. The monoisotopic (exact) mass is 418 g/mol. The number of amides is 1. The van der Waals surface area contributed by atoms with Gasteiger partial charge in [0.25, 0.3) is 0 Å². The minimum atomic E-state index is -0.284. The third-order valence-electron chi connectivity index (χ3n) is 5.44. The number of halogens is 2. The van der Waals surface area contributed by atoms with Gasteiger partial charge in [0.2, 0.25) is 5.91 Å². The first-order chi connectivity index (χ1) is 14.1. The first kappa shape index (κ1) is 20.0. The number of para-hydroxylation sites is 2. The number of likely N-dealkylation sites (tertiary alicyclic amines) is 1. The summed E-state index contributed by atoms with van der Waals surface area (Å²) in [5.41, 5.74) is 0.632. The van der Waals surface area contributed by atoms with Gasteiger partial charge in [0.1, 0.15) is 18.5 Å². The van der Waals surface area contributed by atoms with Crippen LogP contribution in [-0.4, -0.2) is 43.2 Å². The van der Waals surface area contributed by atoms with Crippen LogP contribution in [0.2, 0.25) is 5.02 Å². The number of carbonyl (C=O) groups excluding carboxylic acids is 1. The van der Waals surface area contributed by atoms with Gasteiger partial charge in [0, 0.05) is 23.0 Å². The van der Waals surface area contributed by atoms with Crippen molar-refractivity contribution < 1.29 is 18.7 Å². The lowest BCUT2D eigenvalue weighted by Gasteiger charge is -2.32. The number of ether oxygens (including phenoxy) is 2. The second kappa shape index (κ2) is 9.01. The molecule has 2 aliphatic heterocycles. The van der Waals surface area contributed by atoms with Gasteiger partial charge in [-0.3, -0.25) is 9.69 Å². The lowest BCUT2D eigenvalue weighted by Crippen LogP contribution is -2.45. The van der Waals surface area contributed by atoms with E-state index in [-0.39, 0.29) is 23.7 Å². The summed E-state index contributed by atoms with van der Waals surface area (Å²) in [5, 5.41) is 3.40. The van der Waals surface area contributed by atoms with Crippen molar-refractivity contribution in [3.05, 3.63) is 58.9 Å². The molecule has 5 nitrogen and oxygen atoms in total. The number of piperidine rings is 1. The van der Waals surface area contributed by atoms with Gasteiger partial charge in [-0.2, -0.15) is 0 Å². The number of hydrogen-bond donors (Lipinski definition) is 1. The van der Waals surface area contributed by atoms with Crippen LogP contribution < -0.4 is 14.8 Å². The Kier molecular flexibility index (Phi) is 6.21. The van der Waals surface area contributed by atoms with Gasteiger partial charge < -0.3 is 14.8 Å².